The number of carbonyl (C=O) groups is 2. The minimum absolute atomic E-state index is 0.269. The molecule has 0 amide bonds. The molecule has 0 aliphatic carbocycles. The number of esters is 2. The number of carbonyl (C=O) groups excluding carboxylic acids is 2. The fourth-order valence-electron chi connectivity index (χ4n) is 3.91. The lowest BCUT2D eigenvalue weighted by Gasteiger charge is -2.20. The van der Waals surface area contributed by atoms with E-state index in [-0.39, 0.29) is 11.1 Å². The number of rotatable bonds is 20. The Kier molecular flexibility index (Phi) is 17.2. The first-order chi connectivity index (χ1) is 16.6. The van der Waals surface area contributed by atoms with E-state index in [2.05, 4.69) is 37.5 Å². The van der Waals surface area contributed by atoms with Gasteiger partial charge in [-0.2, -0.15) is 0 Å². The average Bonchev–Trinajstić information content (AvgIpc) is 2.86. The molecule has 194 valence electrons. The Morgan fingerprint density at radius 2 is 1.03 bits per heavy atom. The smallest absolute Gasteiger partial charge is 0.339 e. The summed E-state index contributed by atoms with van der Waals surface area (Å²) in [5, 5.41) is 0. The van der Waals surface area contributed by atoms with Crippen LogP contribution in [0.1, 0.15) is 99.8 Å². The van der Waals surface area contributed by atoms with E-state index in [1.165, 1.54) is 51.4 Å². The molecule has 1 aromatic carbocycles. The molecule has 1 rings (SSSR count). The van der Waals surface area contributed by atoms with Crippen LogP contribution in [0.25, 0.3) is 0 Å². The SMILES string of the molecule is CCCCCCN(CC)CCOC(=O)c1ccccc1C(=O)OCCN(CC)CCCCCC. The Morgan fingerprint density at radius 3 is 1.38 bits per heavy atom. The van der Waals surface area contributed by atoms with Gasteiger partial charge in [-0.15, -0.1) is 0 Å². The van der Waals surface area contributed by atoms with Gasteiger partial charge in [0.2, 0.25) is 0 Å². The number of nitrogens with zero attached hydrogens (tertiary/aromatic N) is 2. The molecule has 6 nitrogen and oxygen atoms in total. The summed E-state index contributed by atoms with van der Waals surface area (Å²) in [5.41, 5.74) is 0.538. The number of unbranched alkanes of at least 4 members (excludes halogenated alkanes) is 6. The minimum atomic E-state index is -0.472. The van der Waals surface area contributed by atoms with Crippen LogP contribution < -0.4 is 0 Å². The lowest BCUT2D eigenvalue weighted by atomic mass is 10.1. The van der Waals surface area contributed by atoms with Crippen LogP contribution >= 0.6 is 0 Å². The number of hydrogen-bond acceptors (Lipinski definition) is 6. The van der Waals surface area contributed by atoms with Crippen molar-refractivity contribution in [1.82, 2.24) is 9.80 Å². The Labute approximate surface area is 208 Å². The molecule has 1 aromatic rings. The largest absolute Gasteiger partial charge is 0.461 e. The molecule has 0 aromatic heterocycles. The molecule has 0 fully saturated rings. The van der Waals surface area contributed by atoms with E-state index in [0.29, 0.717) is 26.3 Å². The molecular weight excluding hydrogens is 428 g/mol. The number of ether oxygens (including phenoxy) is 2. The second-order valence-corrected chi connectivity index (χ2v) is 8.81. The molecule has 34 heavy (non-hydrogen) atoms. The lowest BCUT2D eigenvalue weighted by Crippen LogP contribution is -2.30. The molecule has 0 saturated heterocycles. The monoisotopic (exact) mass is 476 g/mol. The zero-order valence-corrected chi connectivity index (χ0v) is 22.2. The minimum Gasteiger partial charge on any atom is -0.461 e. The predicted molar refractivity (Wildman–Crippen MR) is 140 cm³/mol. The highest BCUT2D eigenvalue weighted by Crippen LogP contribution is 2.12. The van der Waals surface area contributed by atoms with Gasteiger partial charge < -0.3 is 19.3 Å². The average molecular weight is 477 g/mol. The second-order valence-electron chi connectivity index (χ2n) is 8.81. The van der Waals surface area contributed by atoms with Crippen LogP contribution in [0.4, 0.5) is 0 Å². The Balaban J connectivity index is 2.49. The van der Waals surface area contributed by atoms with Crippen LogP contribution in [0, 0.1) is 0 Å². The van der Waals surface area contributed by atoms with Crippen LogP contribution in [0.3, 0.4) is 0 Å². The van der Waals surface area contributed by atoms with Crippen molar-refractivity contribution in [2.75, 3.05) is 52.5 Å². The summed E-state index contributed by atoms with van der Waals surface area (Å²) in [7, 11) is 0. The van der Waals surface area contributed by atoms with Crippen LogP contribution in [0.5, 0.6) is 0 Å². The highest BCUT2D eigenvalue weighted by molar-refractivity contribution is 6.03. The molecule has 0 radical (unpaired) electrons. The van der Waals surface area contributed by atoms with Gasteiger partial charge in [0.05, 0.1) is 11.1 Å². The van der Waals surface area contributed by atoms with E-state index in [0.717, 1.165) is 26.2 Å². The predicted octanol–water partition coefficient (Wildman–Crippen LogP) is 5.80. The summed E-state index contributed by atoms with van der Waals surface area (Å²) in [6, 6.07) is 6.75. The summed E-state index contributed by atoms with van der Waals surface area (Å²) >= 11 is 0. The normalized spacial score (nSPS) is 11.2. The second kappa shape index (κ2) is 19.4. The van der Waals surface area contributed by atoms with Crippen LogP contribution in [-0.4, -0.2) is 74.2 Å². The number of hydrogen-bond donors (Lipinski definition) is 0. The zero-order chi connectivity index (χ0) is 25.0. The first-order valence-electron chi connectivity index (χ1n) is 13.4. The summed E-state index contributed by atoms with van der Waals surface area (Å²) in [6.45, 7) is 14.6. The van der Waals surface area contributed by atoms with Crippen molar-refractivity contribution in [3.8, 4) is 0 Å². The van der Waals surface area contributed by atoms with Gasteiger partial charge >= 0.3 is 11.9 Å². The van der Waals surface area contributed by atoms with E-state index in [1.54, 1.807) is 24.3 Å². The third-order valence-electron chi connectivity index (χ3n) is 6.20. The Hall–Kier alpha value is -1.92. The number of benzene rings is 1. The van der Waals surface area contributed by atoms with Crippen molar-refractivity contribution in [3.63, 3.8) is 0 Å². The summed E-state index contributed by atoms with van der Waals surface area (Å²) in [4.78, 5) is 30.0. The van der Waals surface area contributed by atoms with Gasteiger partial charge in [-0.05, 0) is 51.2 Å². The summed E-state index contributed by atoms with van der Waals surface area (Å²) in [5.74, 6) is -0.943. The first-order valence-corrected chi connectivity index (χ1v) is 13.4. The molecule has 6 heteroatoms. The van der Waals surface area contributed by atoms with Crippen molar-refractivity contribution in [2.24, 2.45) is 0 Å². The van der Waals surface area contributed by atoms with Gasteiger partial charge in [-0.3, -0.25) is 0 Å². The van der Waals surface area contributed by atoms with E-state index in [9.17, 15) is 9.59 Å². The van der Waals surface area contributed by atoms with Crippen LogP contribution in [0.2, 0.25) is 0 Å². The van der Waals surface area contributed by atoms with Crippen LogP contribution in [-0.2, 0) is 9.47 Å². The molecule has 0 atom stereocenters. The molecule has 0 heterocycles. The third-order valence-corrected chi connectivity index (χ3v) is 6.20. The standard InChI is InChI=1S/C28H48N2O4/c1-5-9-11-15-19-29(7-3)21-23-33-27(31)25-17-13-14-18-26(25)28(32)34-24-22-30(8-4)20-16-12-10-6-2/h13-14,17-18H,5-12,15-16,19-24H2,1-4H3. The Bertz CT molecular complexity index is 623. The molecule has 0 unspecified atom stereocenters. The van der Waals surface area contributed by atoms with E-state index >= 15 is 0 Å². The lowest BCUT2D eigenvalue weighted by molar-refractivity contribution is 0.0417. The van der Waals surface area contributed by atoms with Gasteiger partial charge in [-0.25, -0.2) is 9.59 Å². The zero-order valence-electron chi connectivity index (χ0n) is 22.2. The maximum absolute atomic E-state index is 12.7. The topological polar surface area (TPSA) is 59.1 Å². The van der Waals surface area contributed by atoms with Gasteiger partial charge in [0, 0.05) is 13.1 Å². The van der Waals surface area contributed by atoms with E-state index in [4.69, 9.17) is 9.47 Å². The van der Waals surface area contributed by atoms with Crippen molar-refractivity contribution in [2.45, 2.75) is 79.1 Å². The van der Waals surface area contributed by atoms with Gasteiger partial charge in [0.1, 0.15) is 13.2 Å². The van der Waals surface area contributed by atoms with Crippen molar-refractivity contribution >= 4 is 11.9 Å². The number of likely N-dealkylation sites (N-methyl/N-ethyl adjacent to an activating group) is 2. The quantitative estimate of drug-likeness (QED) is 0.175. The van der Waals surface area contributed by atoms with Gasteiger partial charge in [0.15, 0.2) is 0 Å². The highest BCUT2D eigenvalue weighted by Gasteiger charge is 2.19. The fraction of sp³-hybridized carbons (Fsp3) is 0.714. The molecule has 0 aliphatic heterocycles. The first kappa shape index (κ1) is 30.1. The Morgan fingerprint density at radius 1 is 0.618 bits per heavy atom. The van der Waals surface area contributed by atoms with Crippen molar-refractivity contribution in [1.29, 1.82) is 0 Å². The maximum Gasteiger partial charge on any atom is 0.339 e. The van der Waals surface area contributed by atoms with E-state index < -0.39 is 11.9 Å². The molecule has 0 spiro atoms. The maximum atomic E-state index is 12.7. The third kappa shape index (κ3) is 12.5. The van der Waals surface area contributed by atoms with Gasteiger partial charge in [-0.1, -0.05) is 78.4 Å². The van der Waals surface area contributed by atoms with E-state index in [1.807, 2.05) is 0 Å². The van der Waals surface area contributed by atoms with Crippen molar-refractivity contribution in [3.05, 3.63) is 35.4 Å². The summed E-state index contributed by atoms with van der Waals surface area (Å²) < 4.78 is 11.0. The summed E-state index contributed by atoms with van der Waals surface area (Å²) in [6.07, 6.45) is 9.76. The fourth-order valence-corrected chi connectivity index (χ4v) is 3.91. The molecule has 0 bridgehead atoms. The molecule has 0 N–H and O–H groups in total. The van der Waals surface area contributed by atoms with Gasteiger partial charge in [0.25, 0.3) is 0 Å². The highest BCUT2D eigenvalue weighted by atomic mass is 16.5. The van der Waals surface area contributed by atoms with Crippen LogP contribution in [0.15, 0.2) is 24.3 Å². The molecule has 0 saturated carbocycles. The van der Waals surface area contributed by atoms with Crippen molar-refractivity contribution < 1.29 is 19.1 Å². The molecule has 0 aliphatic rings. The molecular formula is C28H48N2O4.